The average Bonchev–Trinajstić information content (AvgIpc) is 2.26. The van der Waals surface area contributed by atoms with Crippen molar-refractivity contribution in [1.82, 2.24) is 4.90 Å². The number of nitrogens with zero attached hydrogens (tertiary/aromatic N) is 1. The van der Waals surface area contributed by atoms with Gasteiger partial charge in [-0.15, -0.1) is 11.6 Å². The largest absolute Gasteiger partial charge is 0.444 e. The van der Waals surface area contributed by atoms with E-state index in [2.05, 4.69) is 0 Å². The van der Waals surface area contributed by atoms with Crippen molar-refractivity contribution in [3.8, 4) is 0 Å². The smallest absolute Gasteiger partial charge is 0.410 e. The molecule has 0 aromatic carbocycles. The molecule has 0 aromatic rings. The third kappa shape index (κ3) is 4.33. The van der Waals surface area contributed by atoms with E-state index < -0.39 is 11.0 Å². The molecule has 1 aliphatic rings. The van der Waals surface area contributed by atoms with E-state index >= 15 is 0 Å². The lowest BCUT2D eigenvalue weighted by molar-refractivity contribution is -0.116. The van der Waals surface area contributed by atoms with E-state index in [9.17, 15) is 9.59 Å². The number of halogens is 1. The molecule has 4 nitrogen and oxygen atoms in total. The number of amides is 1. The topological polar surface area (TPSA) is 46.6 Å². The van der Waals surface area contributed by atoms with Crippen LogP contribution in [0.2, 0.25) is 0 Å². The lowest BCUT2D eigenvalue weighted by atomic mass is 10.0. The van der Waals surface area contributed by atoms with Gasteiger partial charge >= 0.3 is 6.09 Å². The maximum atomic E-state index is 11.8. The summed E-state index contributed by atoms with van der Waals surface area (Å²) >= 11 is 5.98. The minimum atomic E-state index is -0.564. The predicted octanol–water partition coefficient (Wildman–Crippen LogP) is 2.75. The number of carbonyl (C=O) groups is 2. The summed E-state index contributed by atoms with van der Waals surface area (Å²) in [6.07, 6.45) is 2.13. The molecule has 102 valence electrons. The van der Waals surface area contributed by atoms with Crippen molar-refractivity contribution in [1.29, 1.82) is 0 Å². The third-order valence-corrected chi connectivity index (χ3v) is 3.17. The fourth-order valence-corrected chi connectivity index (χ4v) is 1.87. The van der Waals surface area contributed by atoms with Gasteiger partial charge in [0.05, 0.1) is 0 Å². The number of ether oxygens (including phenoxy) is 1. The van der Waals surface area contributed by atoms with Crippen LogP contribution < -0.4 is 0 Å². The average molecular weight is 274 g/mol. The van der Waals surface area contributed by atoms with Crippen molar-refractivity contribution < 1.29 is 14.3 Å². The van der Waals surface area contributed by atoms with Crippen molar-refractivity contribution in [2.24, 2.45) is 0 Å². The monoisotopic (exact) mass is 273 g/mol. The number of rotatable bonds is 2. The highest BCUT2D eigenvalue weighted by atomic mass is 35.5. The molecule has 0 saturated carbocycles. The lowest BCUT2D eigenvalue weighted by Crippen LogP contribution is -2.40. The van der Waals surface area contributed by atoms with Crippen LogP contribution in [0.4, 0.5) is 4.79 Å². The molecular weight excluding hydrogens is 254 g/mol. The van der Waals surface area contributed by atoms with Gasteiger partial charge in [-0.3, -0.25) is 4.79 Å². The summed E-state index contributed by atoms with van der Waals surface area (Å²) in [7, 11) is 0. The van der Waals surface area contributed by atoms with Crippen molar-refractivity contribution >= 4 is 23.5 Å². The van der Waals surface area contributed by atoms with Crippen molar-refractivity contribution in [3.05, 3.63) is 11.6 Å². The molecule has 0 N–H and O–H groups in total. The second-order valence-electron chi connectivity index (χ2n) is 5.43. The molecule has 0 aromatic heterocycles. The van der Waals surface area contributed by atoms with Gasteiger partial charge in [0.1, 0.15) is 11.0 Å². The standard InChI is InChI=1S/C13H20ClNO3/c1-9(16)11(14)10-5-7-15(8-6-10)12(17)18-13(2,3)4/h5,11H,6-8H2,1-4H3. The van der Waals surface area contributed by atoms with Crippen LogP contribution in [0.1, 0.15) is 34.1 Å². The van der Waals surface area contributed by atoms with Crippen molar-refractivity contribution in [3.63, 3.8) is 0 Å². The highest BCUT2D eigenvalue weighted by Crippen LogP contribution is 2.21. The highest BCUT2D eigenvalue weighted by Gasteiger charge is 2.26. The summed E-state index contributed by atoms with van der Waals surface area (Å²) in [5.41, 5.74) is 0.402. The second-order valence-corrected chi connectivity index (χ2v) is 5.87. The molecule has 1 atom stereocenters. The molecule has 1 amide bonds. The molecular formula is C13H20ClNO3. The number of hydrogen-bond acceptors (Lipinski definition) is 3. The van der Waals surface area contributed by atoms with Crippen LogP contribution in [-0.2, 0) is 9.53 Å². The molecule has 0 aliphatic carbocycles. The lowest BCUT2D eigenvalue weighted by Gasteiger charge is -2.30. The van der Waals surface area contributed by atoms with E-state index in [4.69, 9.17) is 16.3 Å². The molecule has 1 aliphatic heterocycles. The van der Waals surface area contributed by atoms with Gasteiger partial charge in [0.15, 0.2) is 5.78 Å². The van der Waals surface area contributed by atoms with E-state index in [1.807, 2.05) is 26.8 Å². The van der Waals surface area contributed by atoms with Crippen LogP contribution in [-0.4, -0.2) is 40.8 Å². The van der Waals surface area contributed by atoms with Gasteiger partial charge in [-0.1, -0.05) is 6.08 Å². The highest BCUT2D eigenvalue weighted by molar-refractivity contribution is 6.32. The van der Waals surface area contributed by atoms with Gasteiger partial charge in [0.2, 0.25) is 0 Å². The van der Waals surface area contributed by atoms with Crippen LogP contribution in [0.15, 0.2) is 11.6 Å². The van der Waals surface area contributed by atoms with Crippen LogP contribution in [0, 0.1) is 0 Å². The van der Waals surface area contributed by atoms with E-state index in [0.717, 1.165) is 5.57 Å². The Morgan fingerprint density at radius 3 is 2.44 bits per heavy atom. The minimum Gasteiger partial charge on any atom is -0.444 e. The fourth-order valence-electron chi connectivity index (χ4n) is 1.67. The first-order valence-corrected chi connectivity index (χ1v) is 6.46. The fraction of sp³-hybridized carbons (Fsp3) is 0.692. The molecule has 1 heterocycles. The molecule has 1 unspecified atom stereocenters. The van der Waals surface area contributed by atoms with Gasteiger partial charge in [-0.05, 0) is 39.7 Å². The number of alkyl halides is 1. The third-order valence-electron chi connectivity index (χ3n) is 2.58. The number of carbonyl (C=O) groups excluding carboxylic acids is 2. The minimum absolute atomic E-state index is 0.0614. The SMILES string of the molecule is CC(=O)C(Cl)C1=CCN(C(=O)OC(C)(C)C)CC1. The second kappa shape index (κ2) is 5.74. The number of Topliss-reactive ketones (excluding diaryl/α,β-unsaturated/α-hetero) is 1. The van der Waals surface area contributed by atoms with E-state index in [1.165, 1.54) is 6.92 Å². The maximum absolute atomic E-state index is 11.8. The summed E-state index contributed by atoms with van der Waals surface area (Å²) in [4.78, 5) is 24.6. The number of ketones is 1. The first kappa shape index (κ1) is 15.0. The Morgan fingerprint density at radius 1 is 1.44 bits per heavy atom. The zero-order valence-electron chi connectivity index (χ0n) is 11.3. The van der Waals surface area contributed by atoms with Gasteiger partial charge < -0.3 is 9.64 Å². The van der Waals surface area contributed by atoms with Crippen LogP contribution in [0.25, 0.3) is 0 Å². The van der Waals surface area contributed by atoms with Crippen LogP contribution in [0.3, 0.4) is 0 Å². The normalized spacial score (nSPS) is 18.1. The summed E-state index contributed by atoms with van der Waals surface area (Å²) in [5.74, 6) is -0.0614. The van der Waals surface area contributed by atoms with Gasteiger partial charge in [-0.2, -0.15) is 0 Å². The first-order chi connectivity index (χ1) is 8.20. The van der Waals surface area contributed by atoms with Gasteiger partial charge in [0.25, 0.3) is 0 Å². The molecule has 0 saturated heterocycles. The number of hydrogen-bond donors (Lipinski definition) is 0. The Kier molecular flexibility index (Phi) is 4.79. The van der Waals surface area contributed by atoms with E-state index in [0.29, 0.717) is 19.5 Å². The van der Waals surface area contributed by atoms with Gasteiger partial charge in [0, 0.05) is 13.1 Å². The summed E-state index contributed by atoms with van der Waals surface area (Å²) < 4.78 is 5.28. The van der Waals surface area contributed by atoms with Crippen LogP contribution >= 0.6 is 11.6 Å². The Balaban J connectivity index is 2.58. The van der Waals surface area contributed by atoms with Crippen molar-refractivity contribution in [2.45, 2.75) is 45.1 Å². The van der Waals surface area contributed by atoms with Crippen molar-refractivity contribution in [2.75, 3.05) is 13.1 Å². The summed E-state index contributed by atoms with van der Waals surface area (Å²) in [6.45, 7) is 7.96. The molecule has 18 heavy (non-hydrogen) atoms. The summed E-state index contributed by atoms with van der Waals surface area (Å²) in [5, 5.41) is -0.564. The Morgan fingerprint density at radius 2 is 2.06 bits per heavy atom. The zero-order valence-corrected chi connectivity index (χ0v) is 12.1. The maximum Gasteiger partial charge on any atom is 0.410 e. The predicted molar refractivity (Wildman–Crippen MR) is 70.8 cm³/mol. The Labute approximate surface area is 113 Å². The Bertz CT molecular complexity index is 371. The Hall–Kier alpha value is -1.03. The van der Waals surface area contributed by atoms with Gasteiger partial charge in [-0.25, -0.2) is 4.79 Å². The molecule has 0 spiro atoms. The molecule has 0 bridgehead atoms. The summed E-state index contributed by atoms with van der Waals surface area (Å²) in [6, 6.07) is 0. The zero-order chi connectivity index (χ0) is 13.9. The molecule has 1 rings (SSSR count). The molecule has 0 fully saturated rings. The van der Waals surface area contributed by atoms with Crippen LogP contribution in [0.5, 0.6) is 0 Å². The van der Waals surface area contributed by atoms with E-state index in [-0.39, 0.29) is 11.9 Å². The quantitative estimate of drug-likeness (QED) is 0.574. The van der Waals surface area contributed by atoms with E-state index in [1.54, 1.807) is 4.90 Å². The molecule has 5 heteroatoms. The first-order valence-electron chi connectivity index (χ1n) is 6.02. The molecule has 0 radical (unpaired) electrons.